The Morgan fingerprint density at radius 2 is 1.86 bits per heavy atom. The molecule has 8 heteroatoms. The number of rotatable bonds is 4. The van der Waals surface area contributed by atoms with Gasteiger partial charge in [-0.15, -0.1) is 0 Å². The molecule has 0 saturated carbocycles. The number of thioether (sulfide) groups is 1. The van der Waals surface area contributed by atoms with E-state index in [4.69, 9.17) is 4.42 Å². The molecule has 29 heavy (non-hydrogen) atoms. The second kappa shape index (κ2) is 7.33. The molecule has 0 fully saturated rings. The van der Waals surface area contributed by atoms with Crippen molar-refractivity contribution in [2.45, 2.75) is 30.3 Å². The van der Waals surface area contributed by atoms with Gasteiger partial charge in [0, 0.05) is 40.8 Å². The van der Waals surface area contributed by atoms with E-state index in [0.29, 0.717) is 21.7 Å². The minimum atomic E-state index is -4.41. The van der Waals surface area contributed by atoms with Crippen molar-refractivity contribution < 1.29 is 17.6 Å². The molecule has 1 N–H and O–H groups in total. The zero-order valence-corrected chi connectivity index (χ0v) is 16.7. The van der Waals surface area contributed by atoms with Gasteiger partial charge in [-0.2, -0.15) is 13.2 Å². The highest BCUT2D eigenvalue weighted by Gasteiger charge is 2.33. The van der Waals surface area contributed by atoms with Crippen molar-refractivity contribution in [2.75, 3.05) is 23.3 Å². The molecule has 4 rings (SSSR count). The van der Waals surface area contributed by atoms with Gasteiger partial charge >= 0.3 is 11.8 Å². The fraction of sp³-hybridized carbons (Fsp3) is 0.286. The first-order valence-electron chi connectivity index (χ1n) is 9.27. The normalized spacial score (nSPS) is 16.0. The van der Waals surface area contributed by atoms with Gasteiger partial charge in [0.25, 0.3) is 0 Å². The molecule has 0 saturated heterocycles. The van der Waals surface area contributed by atoms with Crippen LogP contribution in [0.2, 0.25) is 0 Å². The second-order valence-electron chi connectivity index (χ2n) is 6.73. The zero-order valence-electron chi connectivity index (χ0n) is 15.8. The summed E-state index contributed by atoms with van der Waals surface area (Å²) in [7, 11) is 0. The van der Waals surface area contributed by atoms with Gasteiger partial charge in [0.1, 0.15) is 11.0 Å². The number of benzene rings is 2. The number of halogens is 3. The van der Waals surface area contributed by atoms with Gasteiger partial charge in [-0.05, 0) is 50.2 Å². The molecule has 1 atom stereocenters. The quantitative estimate of drug-likeness (QED) is 0.535. The van der Waals surface area contributed by atoms with Crippen LogP contribution in [0.15, 0.2) is 56.6 Å². The molecule has 0 radical (unpaired) electrons. The Kier molecular flexibility index (Phi) is 4.98. The summed E-state index contributed by atoms with van der Waals surface area (Å²) >= 11 is 1.30. The number of hydrogen-bond acceptors (Lipinski definition) is 5. The van der Waals surface area contributed by atoms with Gasteiger partial charge in [0.15, 0.2) is 0 Å². The lowest BCUT2D eigenvalue weighted by atomic mass is 10.1. The van der Waals surface area contributed by atoms with Crippen LogP contribution in [0.4, 0.5) is 24.5 Å². The van der Waals surface area contributed by atoms with Crippen LogP contribution in [0.25, 0.3) is 11.0 Å². The molecule has 0 aliphatic carbocycles. The van der Waals surface area contributed by atoms with E-state index >= 15 is 0 Å². The molecule has 1 aliphatic heterocycles. The van der Waals surface area contributed by atoms with E-state index in [1.807, 2.05) is 18.2 Å². The molecule has 3 aromatic rings. The molecule has 0 amide bonds. The number of anilines is 2. The monoisotopic (exact) mass is 420 g/mol. The number of nitrogens with zero attached hydrogens (tertiary/aromatic N) is 1. The molecule has 1 aromatic heterocycles. The van der Waals surface area contributed by atoms with E-state index in [1.165, 1.54) is 17.8 Å². The molecule has 4 nitrogen and oxygen atoms in total. The summed E-state index contributed by atoms with van der Waals surface area (Å²) in [6.45, 7) is 5.78. The van der Waals surface area contributed by atoms with Crippen molar-refractivity contribution >= 4 is 34.1 Å². The van der Waals surface area contributed by atoms with Crippen LogP contribution in [0, 0.1) is 0 Å². The Morgan fingerprint density at radius 3 is 2.55 bits per heavy atom. The average molecular weight is 420 g/mol. The van der Waals surface area contributed by atoms with Gasteiger partial charge < -0.3 is 14.6 Å². The first-order valence-corrected chi connectivity index (χ1v) is 10.1. The summed E-state index contributed by atoms with van der Waals surface area (Å²) in [5.41, 5.74) is 0.985. The van der Waals surface area contributed by atoms with E-state index < -0.39 is 22.7 Å². The van der Waals surface area contributed by atoms with Crippen molar-refractivity contribution in [1.29, 1.82) is 0 Å². The van der Waals surface area contributed by atoms with Crippen molar-refractivity contribution in [2.24, 2.45) is 0 Å². The largest absolute Gasteiger partial charge is 0.422 e. The van der Waals surface area contributed by atoms with E-state index in [1.54, 1.807) is 6.07 Å². The van der Waals surface area contributed by atoms with Crippen molar-refractivity contribution in [3.63, 3.8) is 0 Å². The lowest BCUT2D eigenvalue weighted by molar-refractivity contribution is -0.137. The molecule has 1 aliphatic rings. The van der Waals surface area contributed by atoms with Crippen LogP contribution in [-0.2, 0) is 6.18 Å². The van der Waals surface area contributed by atoms with Gasteiger partial charge in [-0.25, -0.2) is 4.79 Å². The molecular formula is C21H19F3N2O2S. The summed E-state index contributed by atoms with van der Waals surface area (Å²) in [6.07, 6.45) is -4.41. The highest BCUT2D eigenvalue weighted by molar-refractivity contribution is 8.00. The third-order valence-electron chi connectivity index (χ3n) is 5.00. The maximum atomic E-state index is 13.0. The van der Waals surface area contributed by atoms with E-state index in [2.05, 4.69) is 24.1 Å². The lowest BCUT2D eigenvalue weighted by Gasteiger charge is -2.21. The number of fused-ring (bicyclic) bond motifs is 2. The SMILES string of the molecule is CCN(CC)c1ccc2cc([C@H]3Nc4cc(C(F)(F)F)ccc4S3)c(=O)oc2c1. The van der Waals surface area contributed by atoms with Crippen LogP contribution in [0.5, 0.6) is 0 Å². The van der Waals surface area contributed by atoms with Gasteiger partial charge in [-0.3, -0.25) is 0 Å². The Hall–Kier alpha value is -2.61. The summed E-state index contributed by atoms with van der Waals surface area (Å²) in [5, 5.41) is 3.28. The lowest BCUT2D eigenvalue weighted by Crippen LogP contribution is -2.21. The Balaban J connectivity index is 1.67. The van der Waals surface area contributed by atoms with Crippen LogP contribution < -0.4 is 15.8 Å². The highest BCUT2D eigenvalue weighted by Crippen LogP contribution is 2.47. The molecule has 0 unspecified atom stereocenters. The van der Waals surface area contributed by atoms with Crippen LogP contribution in [0.3, 0.4) is 0 Å². The zero-order chi connectivity index (χ0) is 20.8. The van der Waals surface area contributed by atoms with Crippen LogP contribution >= 0.6 is 11.8 Å². The molecule has 0 spiro atoms. The minimum absolute atomic E-state index is 0.367. The molecule has 152 valence electrons. The van der Waals surface area contributed by atoms with Gasteiger partial charge in [0.2, 0.25) is 0 Å². The maximum Gasteiger partial charge on any atom is 0.416 e. The van der Waals surface area contributed by atoms with Crippen molar-refractivity contribution in [3.8, 4) is 0 Å². The third kappa shape index (κ3) is 3.69. The standard InChI is InChI=1S/C21H19F3N2O2S/c1-3-26(4-2)14-7-5-12-9-15(20(27)28-17(12)11-14)19-25-16-10-13(21(22,23)24)6-8-18(16)29-19/h5-11,19,25H,3-4H2,1-2H3/t19-/m0/s1. The first-order chi connectivity index (χ1) is 13.8. The van der Waals surface area contributed by atoms with E-state index in [9.17, 15) is 18.0 Å². The predicted molar refractivity (Wildman–Crippen MR) is 110 cm³/mol. The fourth-order valence-electron chi connectivity index (χ4n) is 3.44. The Bertz CT molecular complexity index is 1120. The van der Waals surface area contributed by atoms with E-state index in [-0.39, 0.29) is 0 Å². The fourth-order valence-corrected chi connectivity index (χ4v) is 4.57. The summed E-state index contributed by atoms with van der Waals surface area (Å²) in [6, 6.07) is 11.0. The van der Waals surface area contributed by atoms with Crippen LogP contribution in [-0.4, -0.2) is 13.1 Å². The number of alkyl halides is 3. The Morgan fingerprint density at radius 1 is 1.10 bits per heavy atom. The second-order valence-corrected chi connectivity index (χ2v) is 7.88. The minimum Gasteiger partial charge on any atom is -0.422 e. The maximum absolute atomic E-state index is 13.0. The van der Waals surface area contributed by atoms with Crippen LogP contribution in [0.1, 0.15) is 30.3 Å². The molecule has 2 heterocycles. The summed E-state index contributed by atoms with van der Waals surface area (Å²) in [4.78, 5) is 15.4. The Labute approximate surface area is 169 Å². The van der Waals surface area contributed by atoms with Crippen molar-refractivity contribution in [1.82, 2.24) is 0 Å². The predicted octanol–water partition coefficient (Wildman–Crippen LogP) is 5.87. The van der Waals surface area contributed by atoms with E-state index in [0.717, 1.165) is 36.3 Å². The number of hydrogen-bond donors (Lipinski definition) is 1. The molecule has 2 aromatic carbocycles. The van der Waals surface area contributed by atoms with Gasteiger partial charge in [0.05, 0.1) is 11.1 Å². The third-order valence-corrected chi connectivity index (χ3v) is 6.21. The molecular weight excluding hydrogens is 401 g/mol. The average Bonchev–Trinajstić information content (AvgIpc) is 3.10. The smallest absolute Gasteiger partial charge is 0.416 e. The highest BCUT2D eigenvalue weighted by atomic mass is 32.2. The molecule has 0 bridgehead atoms. The summed E-state index contributed by atoms with van der Waals surface area (Å²) in [5.74, 6) is 0. The first kappa shape index (κ1) is 19.7. The summed E-state index contributed by atoms with van der Waals surface area (Å²) < 4.78 is 44.4. The van der Waals surface area contributed by atoms with Gasteiger partial charge in [-0.1, -0.05) is 11.8 Å². The topological polar surface area (TPSA) is 45.5 Å². The van der Waals surface area contributed by atoms with Crippen molar-refractivity contribution in [3.05, 3.63) is 64.0 Å². The number of nitrogens with one attached hydrogen (secondary N) is 1.